The van der Waals surface area contributed by atoms with Crippen LogP contribution in [0, 0.1) is 0 Å². The predicted molar refractivity (Wildman–Crippen MR) is 68.4 cm³/mol. The molecular formula is C12H15ClN4O. The number of hydrogen-bond donors (Lipinski definition) is 1. The Balaban J connectivity index is 2.50. The first-order valence-electron chi connectivity index (χ1n) is 5.67. The van der Waals surface area contributed by atoms with Gasteiger partial charge in [0.25, 0.3) is 0 Å². The summed E-state index contributed by atoms with van der Waals surface area (Å²) in [4.78, 5) is 7.80. The smallest absolute Gasteiger partial charge is 0.133 e. The Bertz CT molecular complexity index is 539. The van der Waals surface area contributed by atoms with Crippen LogP contribution in [0.3, 0.4) is 0 Å². The fourth-order valence-corrected chi connectivity index (χ4v) is 2.08. The molecule has 0 bridgehead atoms. The topological polar surface area (TPSA) is 63.8 Å². The maximum atomic E-state index is 10.4. The third kappa shape index (κ3) is 2.23. The lowest BCUT2D eigenvalue weighted by Crippen LogP contribution is -2.05. The van der Waals surface area contributed by atoms with Crippen molar-refractivity contribution in [3.05, 3.63) is 40.7 Å². The molecule has 1 atom stereocenters. The van der Waals surface area contributed by atoms with E-state index in [1.807, 2.05) is 13.8 Å². The van der Waals surface area contributed by atoms with E-state index >= 15 is 0 Å². The van der Waals surface area contributed by atoms with Gasteiger partial charge in [0.15, 0.2) is 0 Å². The summed E-state index contributed by atoms with van der Waals surface area (Å²) in [6.07, 6.45) is 3.71. The van der Waals surface area contributed by atoms with E-state index in [1.54, 1.807) is 24.1 Å². The molecule has 0 radical (unpaired) electrons. The molecule has 0 saturated carbocycles. The zero-order valence-electron chi connectivity index (χ0n) is 10.5. The Morgan fingerprint density at radius 1 is 1.28 bits per heavy atom. The highest BCUT2D eigenvalue weighted by Crippen LogP contribution is 2.33. The molecular weight excluding hydrogens is 252 g/mol. The van der Waals surface area contributed by atoms with Crippen LogP contribution in [0.1, 0.15) is 42.7 Å². The molecule has 2 rings (SSSR count). The molecule has 1 unspecified atom stereocenters. The van der Waals surface area contributed by atoms with Gasteiger partial charge in [0.2, 0.25) is 0 Å². The number of aromatic nitrogens is 4. The summed E-state index contributed by atoms with van der Waals surface area (Å²) in [6, 6.07) is 0. The van der Waals surface area contributed by atoms with E-state index < -0.39 is 6.10 Å². The molecule has 0 aromatic carbocycles. The van der Waals surface area contributed by atoms with E-state index in [2.05, 4.69) is 15.1 Å². The summed E-state index contributed by atoms with van der Waals surface area (Å²) < 4.78 is 1.57. The van der Waals surface area contributed by atoms with Crippen LogP contribution in [0.2, 0.25) is 5.15 Å². The molecule has 0 spiro atoms. The summed E-state index contributed by atoms with van der Waals surface area (Å²) in [5, 5.41) is 15.2. The van der Waals surface area contributed by atoms with E-state index in [9.17, 15) is 5.11 Å². The van der Waals surface area contributed by atoms with Gasteiger partial charge in [0.1, 0.15) is 17.6 Å². The van der Waals surface area contributed by atoms with Crippen LogP contribution in [0.25, 0.3) is 0 Å². The summed E-state index contributed by atoms with van der Waals surface area (Å²) in [7, 11) is 1.76. The number of halogens is 1. The molecule has 0 fully saturated rings. The van der Waals surface area contributed by atoms with Crippen molar-refractivity contribution in [3.63, 3.8) is 0 Å². The van der Waals surface area contributed by atoms with E-state index in [4.69, 9.17) is 11.6 Å². The average molecular weight is 267 g/mol. The zero-order valence-corrected chi connectivity index (χ0v) is 11.3. The van der Waals surface area contributed by atoms with Gasteiger partial charge in [0, 0.05) is 30.6 Å². The Morgan fingerprint density at radius 2 is 1.89 bits per heavy atom. The number of rotatable bonds is 3. The van der Waals surface area contributed by atoms with Gasteiger partial charge >= 0.3 is 0 Å². The standard InChI is InChI=1S/C12H15ClN4O/c1-7(2)10-9(12(13)17(3)16-10)11(18)8-4-14-6-15-5-8/h4-7,11,18H,1-3H3. The largest absolute Gasteiger partial charge is 0.383 e. The number of aryl methyl sites for hydroxylation is 1. The van der Waals surface area contributed by atoms with Crippen molar-refractivity contribution < 1.29 is 5.11 Å². The van der Waals surface area contributed by atoms with Crippen molar-refractivity contribution in [2.24, 2.45) is 7.05 Å². The van der Waals surface area contributed by atoms with Crippen molar-refractivity contribution in [2.75, 3.05) is 0 Å². The molecule has 0 aliphatic carbocycles. The first kappa shape index (κ1) is 13.0. The summed E-state index contributed by atoms with van der Waals surface area (Å²) in [6.45, 7) is 4.02. The van der Waals surface area contributed by atoms with Gasteiger partial charge in [-0.15, -0.1) is 0 Å². The van der Waals surface area contributed by atoms with Gasteiger partial charge in [-0.2, -0.15) is 5.10 Å². The van der Waals surface area contributed by atoms with Crippen LogP contribution < -0.4 is 0 Å². The third-order valence-corrected chi connectivity index (χ3v) is 3.20. The molecule has 0 aliphatic heterocycles. The van der Waals surface area contributed by atoms with Gasteiger partial charge in [-0.3, -0.25) is 4.68 Å². The highest BCUT2D eigenvalue weighted by Gasteiger charge is 2.24. The van der Waals surface area contributed by atoms with Gasteiger partial charge in [-0.25, -0.2) is 9.97 Å². The Hall–Kier alpha value is -1.46. The van der Waals surface area contributed by atoms with Crippen LogP contribution in [0.4, 0.5) is 0 Å². The first-order chi connectivity index (χ1) is 8.52. The van der Waals surface area contributed by atoms with Crippen LogP contribution in [0.5, 0.6) is 0 Å². The number of nitrogens with zero attached hydrogens (tertiary/aromatic N) is 4. The van der Waals surface area contributed by atoms with Crippen molar-refractivity contribution in [1.82, 2.24) is 19.7 Å². The average Bonchev–Trinajstić information content (AvgIpc) is 2.66. The minimum atomic E-state index is -0.857. The molecule has 96 valence electrons. The molecule has 0 saturated heterocycles. The molecule has 6 heteroatoms. The van der Waals surface area contributed by atoms with Crippen LogP contribution in [-0.2, 0) is 7.05 Å². The van der Waals surface area contributed by atoms with Gasteiger partial charge in [0.05, 0.1) is 5.69 Å². The van der Waals surface area contributed by atoms with Gasteiger partial charge < -0.3 is 5.11 Å². The molecule has 2 aromatic heterocycles. The van der Waals surface area contributed by atoms with E-state index in [0.29, 0.717) is 16.3 Å². The van der Waals surface area contributed by atoms with E-state index in [1.165, 1.54) is 6.33 Å². The Labute approximate surface area is 110 Å². The SMILES string of the molecule is CC(C)c1nn(C)c(Cl)c1C(O)c1cncnc1. The highest BCUT2D eigenvalue weighted by atomic mass is 35.5. The normalized spacial score (nSPS) is 13.0. The third-order valence-electron chi connectivity index (χ3n) is 2.76. The van der Waals surface area contributed by atoms with Crippen molar-refractivity contribution >= 4 is 11.6 Å². The molecule has 2 heterocycles. The highest BCUT2D eigenvalue weighted by molar-refractivity contribution is 6.30. The van der Waals surface area contributed by atoms with Gasteiger partial charge in [-0.1, -0.05) is 25.4 Å². The monoisotopic (exact) mass is 266 g/mol. The van der Waals surface area contributed by atoms with Crippen molar-refractivity contribution in [1.29, 1.82) is 0 Å². The second-order valence-corrected chi connectivity index (χ2v) is 4.80. The summed E-state index contributed by atoms with van der Waals surface area (Å²) in [5.41, 5.74) is 2.03. The molecule has 18 heavy (non-hydrogen) atoms. The Morgan fingerprint density at radius 3 is 2.44 bits per heavy atom. The lowest BCUT2D eigenvalue weighted by Gasteiger charge is -2.12. The van der Waals surface area contributed by atoms with E-state index in [0.717, 1.165) is 5.69 Å². The van der Waals surface area contributed by atoms with Crippen molar-refractivity contribution in [2.45, 2.75) is 25.9 Å². The Kier molecular flexibility index (Phi) is 3.63. The van der Waals surface area contributed by atoms with E-state index in [-0.39, 0.29) is 5.92 Å². The predicted octanol–water partition coefficient (Wildman–Crippen LogP) is 2.07. The second kappa shape index (κ2) is 5.04. The number of hydrogen-bond acceptors (Lipinski definition) is 4. The number of aliphatic hydroxyl groups excluding tert-OH is 1. The lowest BCUT2D eigenvalue weighted by molar-refractivity contribution is 0.218. The summed E-state index contributed by atoms with van der Waals surface area (Å²) in [5.74, 6) is 0.179. The maximum absolute atomic E-state index is 10.4. The number of aliphatic hydroxyl groups is 1. The molecule has 0 amide bonds. The first-order valence-corrected chi connectivity index (χ1v) is 6.05. The minimum Gasteiger partial charge on any atom is -0.383 e. The van der Waals surface area contributed by atoms with Crippen LogP contribution in [-0.4, -0.2) is 24.9 Å². The zero-order chi connectivity index (χ0) is 13.3. The molecule has 0 aliphatic rings. The molecule has 1 N–H and O–H groups in total. The quantitative estimate of drug-likeness (QED) is 0.924. The summed E-state index contributed by atoms with van der Waals surface area (Å²) >= 11 is 6.20. The van der Waals surface area contributed by atoms with Crippen LogP contribution >= 0.6 is 11.6 Å². The minimum absolute atomic E-state index is 0.179. The fraction of sp³-hybridized carbons (Fsp3) is 0.417. The lowest BCUT2D eigenvalue weighted by atomic mass is 9.99. The van der Waals surface area contributed by atoms with Gasteiger partial charge in [-0.05, 0) is 5.92 Å². The molecule has 5 nitrogen and oxygen atoms in total. The maximum Gasteiger partial charge on any atom is 0.133 e. The molecule has 2 aromatic rings. The fourth-order valence-electron chi connectivity index (χ4n) is 1.84. The van der Waals surface area contributed by atoms with Crippen LogP contribution in [0.15, 0.2) is 18.7 Å². The second-order valence-electron chi connectivity index (χ2n) is 4.44. The van der Waals surface area contributed by atoms with Crippen molar-refractivity contribution in [3.8, 4) is 0 Å².